The number of hydrogen-bond donors (Lipinski definition) is 2. The summed E-state index contributed by atoms with van der Waals surface area (Å²) < 4.78 is 4.47. The first-order valence-corrected chi connectivity index (χ1v) is 8.37. The van der Waals surface area contributed by atoms with Gasteiger partial charge in [-0.1, -0.05) is 30.3 Å². The van der Waals surface area contributed by atoms with Crippen LogP contribution < -0.4 is 10.6 Å². The normalized spacial score (nSPS) is 14.2. The zero-order chi connectivity index (χ0) is 18.6. The van der Waals surface area contributed by atoms with Crippen molar-refractivity contribution < 1.29 is 19.1 Å². The number of rotatable bonds is 6. The number of anilines is 1. The minimum atomic E-state index is -0.516. The summed E-state index contributed by atoms with van der Waals surface area (Å²) in [7, 11) is 1.26. The van der Waals surface area contributed by atoms with Crippen LogP contribution in [0.4, 0.5) is 5.69 Å². The van der Waals surface area contributed by atoms with Crippen LogP contribution in [0.3, 0.4) is 0 Å². The number of ether oxygens (including phenoxy) is 1. The summed E-state index contributed by atoms with van der Waals surface area (Å²) in [6.45, 7) is -0.187. The van der Waals surface area contributed by atoms with Crippen molar-refractivity contribution in [2.24, 2.45) is 0 Å². The molecule has 2 aromatic rings. The molecule has 1 aliphatic carbocycles. The fourth-order valence-corrected chi connectivity index (χ4v) is 2.81. The number of nitrogens with one attached hydrogen (secondary N) is 2. The monoisotopic (exact) mass is 352 g/mol. The molecule has 0 heterocycles. The van der Waals surface area contributed by atoms with Gasteiger partial charge in [-0.25, -0.2) is 0 Å². The summed E-state index contributed by atoms with van der Waals surface area (Å²) in [5.41, 5.74) is 1.60. The van der Waals surface area contributed by atoms with E-state index in [1.807, 2.05) is 30.3 Å². The third kappa shape index (κ3) is 3.74. The Bertz CT molecular complexity index is 811. The van der Waals surface area contributed by atoms with Crippen LogP contribution in [0, 0.1) is 0 Å². The zero-order valence-electron chi connectivity index (χ0n) is 14.5. The van der Waals surface area contributed by atoms with Crippen molar-refractivity contribution in [2.45, 2.75) is 18.3 Å². The maximum atomic E-state index is 12.7. The van der Waals surface area contributed by atoms with Crippen LogP contribution in [0.25, 0.3) is 0 Å². The maximum absolute atomic E-state index is 12.7. The number of carbonyl (C=O) groups excluding carboxylic acids is 3. The van der Waals surface area contributed by atoms with Gasteiger partial charge in [-0.3, -0.25) is 14.4 Å². The molecular weight excluding hydrogens is 332 g/mol. The largest absolute Gasteiger partial charge is 0.468 e. The predicted octanol–water partition coefficient (Wildman–Crippen LogP) is 2.26. The smallest absolute Gasteiger partial charge is 0.325 e. The Morgan fingerprint density at radius 1 is 1.00 bits per heavy atom. The average molecular weight is 352 g/mol. The van der Waals surface area contributed by atoms with Gasteiger partial charge in [-0.2, -0.15) is 0 Å². The second-order valence-corrected chi connectivity index (χ2v) is 6.24. The van der Waals surface area contributed by atoms with E-state index in [2.05, 4.69) is 15.4 Å². The minimum Gasteiger partial charge on any atom is -0.468 e. The first-order chi connectivity index (χ1) is 12.5. The van der Waals surface area contributed by atoms with Crippen molar-refractivity contribution in [3.8, 4) is 0 Å². The Morgan fingerprint density at radius 3 is 2.23 bits per heavy atom. The molecule has 0 aromatic heterocycles. The lowest BCUT2D eigenvalue weighted by Crippen LogP contribution is -2.30. The van der Waals surface area contributed by atoms with Crippen molar-refractivity contribution in [3.63, 3.8) is 0 Å². The lowest BCUT2D eigenvalue weighted by atomic mass is 9.95. The number of hydrogen-bond acceptors (Lipinski definition) is 4. The molecule has 3 rings (SSSR count). The molecule has 134 valence electrons. The molecule has 0 bridgehead atoms. The van der Waals surface area contributed by atoms with E-state index in [4.69, 9.17) is 0 Å². The SMILES string of the molecule is COC(=O)CNC(=O)c1ccc(NC(=O)C2(c3ccccc3)CC2)cc1. The summed E-state index contributed by atoms with van der Waals surface area (Å²) >= 11 is 0. The Morgan fingerprint density at radius 2 is 1.65 bits per heavy atom. The predicted molar refractivity (Wildman–Crippen MR) is 96.8 cm³/mol. The fraction of sp³-hybridized carbons (Fsp3) is 0.250. The highest BCUT2D eigenvalue weighted by atomic mass is 16.5. The molecule has 0 radical (unpaired) electrons. The van der Waals surface area contributed by atoms with Crippen LogP contribution in [-0.2, 0) is 19.7 Å². The third-order valence-electron chi connectivity index (χ3n) is 4.54. The summed E-state index contributed by atoms with van der Waals surface area (Å²) in [5, 5.41) is 5.39. The maximum Gasteiger partial charge on any atom is 0.325 e. The number of methoxy groups -OCH3 is 1. The molecule has 6 nitrogen and oxygen atoms in total. The average Bonchev–Trinajstić information content (AvgIpc) is 3.49. The molecule has 2 N–H and O–H groups in total. The molecule has 2 aromatic carbocycles. The second-order valence-electron chi connectivity index (χ2n) is 6.24. The Kier molecular flexibility index (Phi) is 5.02. The van der Waals surface area contributed by atoms with Gasteiger partial charge in [0.05, 0.1) is 12.5 Å². The molecule has 1 saturated carbocycles. The third-order valence-corrected chi connectivity index (χ3v) is 4.54. The van der Waals surface area contributed by atoms with Gasteiger partial charge >= 0.3 is 5.97 Å². The summed E-state index contributed by atoms with van der Waals surface area (Å²) in [6.07, 6.45) is 1.66. The molecule has 0 spiro atoms. The molecule has 26 heavy (non-hydrogen) atoms. The van der Waals surface area contributed by atoms with E-state index in [-0.39, 0.29) is 18.4 Å². The highest BCUT2D eigenvalue weighted by Gasteiger charge is 2.51. The summed E-state index contributed by atoms with van der Waals surface area (Å²) in [4.78, 5) is 35.7. The van der Waals surface area contributed by atoms with E-state index in [1.165, 1.54) is 7.11 Å². The number of carbonyl (C=O) groups is 3. The Hall–Kier alpha value is -3.15. The van der Waals surface area contributed by atoms with Gasteiger partial charge in [0.1, 0.15) is 6.54 Å². The zero-order valence-corrected chi connectivity index (χ0v) is 14.5. The van der Waals surface area contributed by atoms with Gasteiger partial charge in [0.15, 0.2) is 0 Å². The van der Waals surface area contributed by atoms with Gasteiger partial charge < -0.3 is 15.4 Å². The molecule has 2 amide bonds. The van der Waals surface area contributed by atoms with Crippen LogP contribution in [0.15, 0.2) is 54.6 Å². The van der Waals surface area contributed by atoms with E-state index in [9.17, 15) is 14.4 Å². The highest BCUT2D eigenvalue weighted by Crippen LogP contribution is 2.48. The first kappa shape index (κ1) is 17.7. The number of benzene rings is 2. The molecule has 1 fully saturated rings. The molecule has 0 atom stereocenters. The van der Waals surface area contributed by atoms with E-state index in [0.29, 0.717) is 11.3 Å². The molecule has 0 saturated heterocycles. The van der Waals surface area contributed by atoms with Crippen LogP contribution >= 0.6 is 0 Å². The standard InChI is InChI=1S/C20H20N2O4/c1-26-17(23)13-21-18(24)14-7-9-16(10-8-14)22-19(25)20(11-12-20)15-5-3-2-4-6-15/h2-10H,11-13H2,1H3,(H,21,24)(H,22,25). The van der Waals surface area contributed by atoms with Crippen LogP contribution in [0.2, 0.25) is 0 Å². The molecule has 0 aliphatic heterocycles. The van der Waals surface area contributed by atoms with Crippen LogP contribution in [0.1, 0.15) is 28.8 Å². The van der Waals surface area contributed by atoms with E-state index >= 15 is 0 Å². The van der Waals surface area contributed by atoms with E-state index in [0.717, 1.165) is 18.4 Å². The van der Waals surface area contributed by atoms with Crippen molar-refractivity contribution in [3.05, 3.63) is 65.7 Å². The van der Waals surface area contributed by atoms with Crippen molar-refractivity contribution >= 4 is 23.5 Å². The van der Waals surface area contributed by atoms with Crippen molar-refractivity contribution in [1.29, 1.82) is 0 Å². The fourth-order valence-electron chi connectivity index (χ4n) is 2.81. The Labute approximate surface area is 151 Å². The molecule has 6 heteroatoms. The van der Waals surface area contributed by atoms with E-state index < -0.39 is 11.4 Å². The van der Waals surface area contributed by atoms with Gasteiger partial charge in [0, 0.05) is 11.3 Å². The van der Waals surface area contributed by atoms with Gasteiger partial charge in [-0.05, 0) is 42.7 Å². The minimum absolute atomic E-state index is 0.0356. The summed E-state index contributed by atoms with van der Waals surface area (Å²) in [6, 6.07) is 16.3. The van der Waals surface area contributed by atoms with Crippen molar-refractivity contribution in [1.82, 2.24) is 5.32 Å². The first-order valence-electron chi connectivity index (χ1n) is 8.37. The number of amides is 2. The lowest BCUT2D eigenvalue weighted by Gasteiger charge is -2.16. The second kappa shape index (κ2) is 7.39. The van der Waals surface area contributed by atoms with Gasteiger partial charge in [0.25, 0.3) is 5.91 Å². The highest BCUT2D eigenvalue weighted by molar-refractivity contribution is 6.02. The topological polar surface area (TPSA) is 84.5 Å². The quantitative estimate of drug-likeness (QED) is 0.781. The van der Waals surface area contributed by atoms with Crippen LogP contribution in [0.5, 0.6) is 0 Å². The van der Waals surface area contributed by atoms with Crippen LogP contribution in [-0.4, -0.2) is 31.4 Å². The Balaban J connectivity index is 1.62. The van der Waals surface area contributed by atoms with Gasteiger partial charge in [-0.15, -0.1) is 0 Å². The van der Waals surface area contributed by atoms with E-state index in [1.54, 1.807) is 24.3 Å². The molecule has 1 aliphatic rings. The summed E-state index contributed by atoms with van der Waals surface area (Å²) in [5.74, 6) is -0.930. The molecular formula is C20H20N2O4. The lowest BCUT2D eigenvalue weighted by molar-refractivity contribution is -0.139. The van der Waals surface area contributed by atoms with Crippen molar-refractivity contribution in [2.75, 3.05) is 19.0 Å². The number of esters is 1. The van der Waals surface area contributed by atoms with Gasteiger partial charge in [0.2, 0.25) is 5.91 Å². The molecule has 0 unspecified atom stereocenters.